The minimum Gasteiger partial charge on any atom is -0.395 e. The van der Waals surface area contributed by atoms with Crippen LogP contribution in [0, 0.1) is 0 Å². The zero-order valence-electron chi connectivity index (χ0n) is 9.87. The molecule has 96 valence electrons. The summed E-state index contributed by atoms with van der Waals surface area (Å²) in [5.74, 6) is 0. The molecule has 0 amide bonds. The van der Waals surface area contributed by atoms with E-state index in [-0.39, 0.29) is 17.9 Å². The monoisotopic (exact) mass is 275 g/mol. The summed E-state index contributed by atoms with van der Waals surface area (Å²) in [5.41, 5.74) is 0.656. The zero-order valence-corrected chi connectivity index (χ0v) is 11.6. The first-order chi connectivity index (χ1) is 8.06. The number of thioether (sulfide) groups is 1. The highest BCUT2D eigenvalue weighted by Crippen LogP contribution is 2.39. The van der Waals surface area contributed by atoms with Gasteiger partial charge in [0.25, 0.3) is 0 Å². The predicted octanol–water partition coefficient (Wildman–Crippen LogP) is 1.28. The van der Waals surface area contributed by atoms with Crippen LogP contribution >= 0.6 is 11.8 Å². The number of thiol groups is 1. The summed E-state index contributed by atoms with van der Waals surface area (Å²) in [7, 11) is -2.71. The van der Waals surface area contributed by atoms with Crippen molar-refractivity contribution in [1.29, 1.82) is 0 Å². The summed E-state index contributed by atoms with van der Waals surface area (Å²) in [6.45, 7) is 7.15. The van der Waals surface area contributed by atoms with Crippen LogP contribution in [-0.2, 0) is 10.9 Å². The van der Waals surface area contributed by atoms with Gasteiger partial charge < -0.3 is 5.11 Å². The SMILES string of the molecule is C=C/C=C1/S[C@@H](CO)[C@@H](C)N([SH](=O)=O)/C1=C/C. The summed E-state index contributed by atoms with van der Waals surface area (Å²) in [5, 5.41) is 9.13. The number of aliphatic hydroxyl groups is 1. The van der Waals surface area contributed by atoms with E-state index in [1.54, 1.807) is 32.1 Å². The third-order valence-electron chi connectivity index (χ3n) is 2.60. The van der Waals surface area contributed by atoms with Gasteiger partial charge in [0.15, 0.2) is 0 Å². The summed E-state index contributed by atoms with van der Waals surface area (Å²) in [6, 6.07) is -0.251. The van der Waals surface area contributed by atoms with Gasteiger partial charge in [0.1, 0.15) is 0 Å². The summed E-state index contributed by atoms with van der Waals surface area (Å²) in [4.78, 5) is 0.818. The van der Waals surface area contributed by atoms with Crippen molar-refractivity contribution in [2.75, 3.05) is 6.61 Å². The van der Waals surface area contributed by atoms with Crippen molar-refractivity contribution in [2.45, 2.75) is 25.1 Å². The van der Waals surface area contributed by atoms with Crippen molar-refractivity contribution in [2.24, 2.45) is 0 Å². The van der Waals surface area contributed by atoms with Gasteiger partial charge in [-0.2, -0.15) is 0 Å². The minimum absolute atomic E-state index is 0.0585. The van der Waals surface area contributed by atoms with E-state index in [2.05, 4.69) is 6.58 Å². The van der Waals surface area contributed by atoms with Gasteiger partial charge in [0, 0.05) is 4.91 Å². The van der Waals surface area contributed by atoms with Crippen molar-refractivity contribution in [3.05, 3.63) is 35.4 Å². The van der Waals surface area contributed by atoms with E-state index < -0.39 is 10.9 Å². The molecule has 17 heavy (non-hydrogen) atoms. The fraction of sp³-hybridized carbons (Fsp3) is 0.455. The number of rotatable bonds is 3. The third-order valence-corrected chi connectivity index (χ3v) is 4.98. The molecule has 6 heteroatoms. The van der Waals surface area contributed by atoms with E-state index in [4.69, 9.17) is 0 Å². The number of hydrogen-bond donors (Lipinski definition) is 2. The van der Waals surface area contributed by atoms with E-state index in [0.29, 0.717) is 5.70 Å². The van der Waals surface area contributed by atoms with E-state index in [1.807, 2.05) is 0 Å². The molecule has 0 spiro atoms. The van der Waals surface area contributed by atoms with Crippen LogP contribution in [0.3, 0.4) is 0 Å². The molecule has 2 atom stereocenters. The second-order valence-electron chi connectivity index (χ2n) is 3.60. The van der Waals surface area contributed by atoms with E-state index in [0.717, 1.165) is 4.91 Å². The molecule has 0 aromatic heterocycles. The summed E-state index contributed by atoms with van der Waals surface area (Å²) >= 11 is 1.48. The van der Waals surface area contributed by atoms with Crippen molar-refractivity contribution in [3.8, 4) is 0 Å². The molecule has 1 saturated heterocycles. The van der Waals surface area contributed by atoms with Crippen LogP contribution in [0.15, 0.2) is 35.4 Å². The number of allylic oxidation sites excluding steroid dienone is 3. The Bertz CT molecular complexity index is 418. The van der Waals surface area contributed by atoms with E-state index in [9.17, 15) is 13.5 Å². The van der Waals surface area contributed by atoms with Crippen LogP contribution in [0.1, 0.15) is 13.8 Å². The van der Waals surface area contributed by atoms with Crippen LogP contribution in [-0.4, -0.2) is 35.7 Å². The lowest BCUT2D eigenvalue weighted by Crippen LogP contribution is -2.44. The highest BCUT2D eigenvalue weighted by Gasteiger charge is 2.34. The second kappa shape index (κ2) is 6.28. The zero-order chi connectivity index (χ0) is 13.0. The van der Waals surface area contributed by atoms with Gasteiger partial charge in [0.05, 0.1) is 23.6 Å². The summed E-state index contributed by atoms with van der Waals surface area (Å²) in [6.07, 6.45) is 5.14. The molecule has 1 heterocycles. The first-order valence-electron chi connectivity index (χ1n) is 5.27. The molecule has 0 aromatic carbocycles. The average molecular weight is 275 g/mol. The fourth-order valence-corrected chi connectivity index (χ4v) is 3.99. The number of aliphatic hydroxyl groups excluding tert-OH is 1. The maximum atomic E-state index is 11.3. The van der Waals surface area contributed by atoms with Gasteiger partial charge in [0.2, 0.25) is 10.9 Å². The van der Waals surface area contributed by atoms with Crippen LogP contribution in [0.2, 0.25) is 0 Å². The smallest absolute Gasteiger partial charge is 0.225 e. The Hall–Kier alpha value is -0.720. The van der Waals surface area contributed by atoms with Crippen molar-refractivity contribution < 1.29 is 13.5 Å². The molecule has 0 aromatic rings. The highest BCUT2D eigenvalue weighted by molar-refractivity contribution is 8.04. The topological polar surface area (TPSA) is 57.6 Å². The molecule has 0 bridgehead atoms. The first-order valence-corrected chi connectivity index (χ1v) is 7.28. The molecule has 0 aliphatic carbocycles. The van der Waals surface area contributed by atoms with E-state index >= 15 is 0 Å². The molecule has 0 radical (unpaired) electrons. The van der Waals surface area contributed by atoms with Crippen molar-refractivity contribution in [3.63, 3.8) is 0 Å². The van der Waals surface area contributed by atoms with Gasteiger partial charge in [-0.15, -0.1) is 11.8 Å². The molecule has 1 fully saturated rings. The quantitative estimate of drug-likeness (QED) is 0.762. The Morgan fingerprint density at radius 3 is 2.65 bits per heavy atom. The fourth-order valence-electron chi connectivity index (χ4n) is 1.74. The first kappa shape index (κ1) is 14.3. The molecule has 1 N–H and O–H groups in total. The Morgan fingerprint density at radius 2 is 2.24 bits per heavy atom. The van der Waals surface area contributed by atoms with Gasteiger partial charge in [-0.25, -0.2) is 8.42 Å². The molecule has 0 unspecified atom stereocenters. The predicted molar refractivity (Wildman–Crippen MR) is 72.1 cm³/mol. The lowest BCUT2D eigenvalue weighted by Gasteiger charge is -2.38. The molecule has 4 nitrogen and oxygen atoms in total. The molecule has 1 rings (SSSR count). The largest absolute Gasteiger partial charge is 0.395 e. The molecule has 0 saturated carbocycles. The molecule has 1 aliphatic rings. The van der Waals surface area contributed by atoms with Gasteiger partial charge >= 0.3 is 0 Å². The van der Waals surface area contributed by atoms with Crippen LogP contribution in [0.5, 0.6) is 0 Å². The lowest BCUT2D eigenvalue weighted by atomic mass is 10.2. The van der Waals surface area contributed by atoms with Crippen molar-refractivity contribution in [1.82, 2.24) is 4.31 Å². The normalized spacial score (nSPS) is 30.2. The van der Waals surface area contributed by atoms with Crippen LogP contribution in [0.25, 0.3) is 0 Å². The Balaban J connectivity index is 3.23. The highest BCUT2D eigenvalue weighted by atomic mass is 32.2. The number of nitrogens with zero attached hydrogens (tertiary/aromatic N) is 1. The molecular weight excluding hydrogens is 258 g/mol. The lowest BCUT2D eigenvalue weighted by molar-refractivity contribution is 0.256. The maximum Gasteiger partial charge on any atom is 0.225 e. The van der Waals surface area contributed by atoms with Crippen LogP contribution in [0.4, 0.5) is 0 Å². The standard InChI is InChI=1S/C11H17NO3S2/c1-4-6-10-9(5-2)12(17(14)15)8(3)11(7-13)16-10/h4-6,8,11,13,17H,1,7H2,2-3H3/b9-5+,10-6+/t8-,11+/m1/s1. The Kier molecular flexibility index (Phi) is 5.30. The van der Waals surface area contributed by atoms with E-state index in [1.165, 1.54) is 16.1 Å². The van der Waals surface area contributed by atoms with Gasteiger partial charge in [-0.3, -0.25) is 4.31 Å². The van der Waals surface area contributed by atoms with Gasteiger partial charge in [-0.1, -0.05) is 18.7 Å². The maximum absolute atomic E-state index is 11.3. The average Bonchev–Trinajstić information content (AvgIpc) is 2.30. The van der Waals surface area contributed by atoms with Gasteiger partial charge in [-0.05, 0) is 19.9 Å². The van der Waals surface area contributed by atoms with Crippen LogP contribution < -0.4 is 0 Å². The second-order valence-corrected chi connectivity index (χ2v) is 5.79. The van der Waals surface area contributed by atoms with Crippen molar-refractivity contribution >= 4 is 22.7 Å². The minimum atomic E-state index is -2.71. The molecular formula is C11H17NO3S2. The third kappa shape index (κ3) is 2.94. The Labute approximate surface area is 108 Å². The Morgan fingerprint density at radius 1 is 1.59 bits per heavy atom. The molecule has 1 aliphatic heterocycles. The summed E-state index contributed by atoms with van der Waals surface area (Å²) < 4.78 is 24.0. The number of hydrogen-bond acceptors (Lipinski definition) is 4.